The Hall–Kier alpha value is -1.36. The lowest BCUT2D eigenvalue weighted by Gasteiger charge is -2.32. The number of anilines is 2. The van der Waals surface area contributed by atoms with Gasteiger partial charge in [0.2, 0.25) is 0 Å². The highest BCUT2D eigenvalue weighted by Crippen LogP contribution is 2.29. The number of nitrogens with two attached hydrogens (primary N) is 1. The van der Waals surface area contributed by atoms with E-state index in [-0.39, 0.29) is 11.4 Å². The van der Waals surface area contributed by atoms with E-state index >= 15 is 0 Å². The Labute approximate surface area is 113 Å². The zero-order chi connectivity index (χ0) is 14.0. The van der Waals surface area contributed by atoms with Crippen molar-refractivity contribution in [1.29, 1.82) is 0 Å². The number of hydrogen-bond donors (Lipinski definition) is 1. The molecule has 1 aliphatic rings. The molecule has 5 heteroatoms. The van der Waals surface area contributed by atoms with Crippen LogP contribution in [0.3, 0.4) is 0 Å². The van der Waals surface area contributed by atoms with Gasteiger partial charge in [-0.2, -0.15) is 0 Å². The van der Waals surface area contributed by atoms with Crippen LogP contribution < -0.4 is 10.6 Å². The van der Waals surface area contributed by atoms with Gasteiger partial charge in [-0.05, 0) is 51.0 Å². The van der Waals surface area contributed by atoms with Crippen molar-refractivity contribution in [3.63, 3.8) is 0 Å². The minimum absolute atomic E-state index is 0.180. The first-order chi connectivity index (χ1) is 8.99. The second kappa shape index (κ2) is 5.74. The Bertz CT molecular complexity index is 443. The highest BCUT2D eigenvalue weighted by Gasteiger charge is 2.21. The summed E-state index contributed by atoms with van der Waals surface area (Å²) in [6, 6.07) is 2.48. The molecular weight excluding hydrogens is 248 g/mol. The summed E-state index contributed by atoms with van der Waals surface area (Å²) in [6.45, 7) is 2.82. The third-order valence-corrected chi connectivity index (χ3v) is 3.85. The Morgan fingerprint density at radius 1 is 1.32 bits per heavy atom. The molecule has 1 aromatic rings. The summed E-state index contributed by atoms with van der Waals surface area (Å²) < 4.78 is 27.1. The third-order valence-electron chi connectivity index (χ3n) is 3.85. The second-order valence-electron chi connectivity index (χ2n) is 5.43. The average Bonchev–Trinajstić information content (AvgIpc) is 2.37. The van der Waals surface area contributed by atoms with E-state index in [2.05, 4.69) is 11.9 Å². The minimum atomic E-state index is -0.851. The fraction of sp³-hybridized carbons (Fsp3) is 0.571. The van der Waals surface area contributed by atoms with Crippen molar-refractivity contribution in [3.8, 4) is 0 Å². The van der Waals surface area contributed by atoms with Crippen molar-refractivity contribution in [2.24, 2.45) is 5.92 Å². The molecule has 106 valence electrons. The van der Waals surface area contributed by atoms with Crippen LogP contribution in [-0.2, 0) is 0 Å². The van der Waals surface area contributed by atoms with E-state index in [9.17, 15) is 8.78 Å². The first-order valence-electron chi connectivity index (χ1n) is 6.62. The number of likely N-dealkylation sites (tertiary alicyclic amines) is 1. The van der Waals surface area contributed by atoms with Crippen LogP contribution in [0.5, 0.6) is 0 Å². The van der Waals surface area contributed by atoms with Gasteiger partial charge in [0.05, 0.1) is 11.4 Å². The van der Waals surface area contributed by atoms with Crippen LogP contribution in [0, 0.1) is 17.6 Å². The molecule has 0 amide bonds. The number of nitrogens with zero attached hydrogens (tertiary/aromatic N) is 2. The number of nitrogen functional groups attached to an aromatic ring is 1. The van der Waals surface area contributed by atoms with Gasteiger partial charge in [-0.25, -0.2) is 8.78 Å². The minimum Gasteiger partial charge on any atom is -0.397 e. The molecule has 19 heavy (non-hydrogen) atoms. The fourth-order valence-corrected chi connectivity index (χ4v) is 2.67. The summed E-state index contributed by atoms with van der Waals surface area (Å²) in [6.07, 6.45) is 2.16. The van der Waals surface area contributed by atoms with Crippen molar-refractivity contribution in [2.75, 3.05) is 44.4 Å². The smallest absolute Gasteiger partial charge is 0.184 e. The highest BCUT2D eigenvalue weighted by molar-refractivity contribution is 5.68. The van der Waals surface area contributed by atoms with E-state index < -0.39 is 11.6 Å². The molecule has 0 radical (unpaired) electrons. The van der Waals surface area contributed by atoms with E-state index in [0.29, 0.717) is 12.5 Å². The van der Waals surface area contributed by atoms with Crippen molar-refractivity contribution in [3.05, 3.63) is 23.8 Å². The predicted molar refractivity (Wildman–Crippen MR) is 74.3 cm³/mol. The molecule has 3 nitrogen and oxygen atoms in total. The third kappa shape index (κ3) is 3.15. The maximum Gasteiger partial charge on any atom is 0.184 e. The topological polar surface area (TPSA) is 32.5 Å². The van der Waals surface area contributed by atoms with Crippen molar-refractivity contribution < 1.29 is 8.78 Å². The number of rotatable bonds is 3. The van der Waals surface area contributed by atoms with Gasteiger partial charge in [-0.3, -0.25) is 0 Å². The van der Waals surface area contributed by atoms with Crippen LogP contribution in [0.4, 0.5) is 20.2 Å². The Balaban J connectivity index is 2.08. The van der Waals surface area contributed by atoms with Crippen molar-refractivity contribution in [1.82, 2.24) is 4.90 Å². The summed E-state index contributed by atoms with van der Waals surface area (Å²) in [7, 11) is 3.87. The van der Waals surface area contributed by atoms with E-state index in [0.717, 1.165) is 32.0 Å². The molecule has 0 saturated carbocycles. The quantitative estimate of drug-likeness (QED) is 0.855. The Morgan fingerprint density at radius 3 is 2.58 bits per heavy atom. The van der Waals surface area contributed by atoms with E-state index in [1.165, 1.54) is 6.07 Å². The van der Waals surface area contributed by atoms with Gasteiger partial charge in [0.15, 0.2) is 11.6 Å². The van der Waals surface area contributed by atoms with Crippen molar-refractivity contribution in [2.45, 2.75) is 12.8 Å². The largest absolute Gasteiger partial charge is 0.397 e. The lowest BCUT2D eigenvalue weighted by molar-refractivity contribution is 0.222. The molecule has 1 aliphatic heterocycles. The van der Waals surface area contributed by atoms with Crippen molar-refractivity contribution >= 4 is 11.4 Å². The molecule has 1 aromatic carbocycles. The molecular formula is C14H21F2N3. The first kappa shape index (κ1) is 14.1. The number of halogens is 2. The van der Waals surface area contributed by atoms with Crippen LogP contribution >= 0.6 is 0 Å². The summed E-state index contributed by atoms with van der Waals surface area (Å²) in [4.78, 5) is 4.03. The summed E-state index contributed by atoms with van der Waals surface area (Å²) >= 11 is 0. The van der Waals surface area contributed by atoms with Gasteiger partial charge in [0, 0.05) is 13.6 Å². The van der Waals surface area contributed by atoms with Gasteiger partial charge in [-0.1, -0.05) is 0 Å². The van der Waals surface area contributed by atoms with Crippen LogP contribution in [0.25, 0.3) is 0 Å². The van der Waals surface area contributed by atoms with E-state index in [1.54, 1.807) is 11.9 Å². The standard InChI is InChI=1S/C14H21F2N3/c1-18-7-5-10(6-8-18)9-19(2)14-12(17)4-3-11(15)13(14)16/h3-4,10H,5-9,17H2,1-2H3. The van der Waals surface area contributed by atoms with Gasteiger partial charge in [0.25, 0.3) is 0 Å². The van der Waals surface area contributed by atoms with Gasteiger partial charge in [-0.15, -0.1) is 0 Å². The maximum absolute atomic E-state index is 13.8. The van der Waals surface area contributed by atoms with E-state index in [4.69, 9.17) is 5.73 Å². The Morgan fingerprint density at radius 2 is 1.95 bits per heavy atom. The lowest BCUT2D eigenvalue weighted by atomic mass is 9.96. The molecule has 1 heterocycles. The molecule has 0 spiro atoms. The Kier molecular flexibility index (Phi) is 4.24. The summed E-state index contributed by atoms with van der Waals surface area (Å²) in [5.74, 6) is -1.20. The molecule has 1 saturated heterocycles. The van der Waals surface area contributed by atoms with Crippen LogP contribution in [-0.4, -0.2) is 38.6 Å². The molecule has 0 atom stereocenters. The van der Waals surface area contributed by atoms with Crippen LogP contribution in [0.2, 0.25) is 0 Å². The average molecular weight is 269 g/mol. The van der Waals surface area contributed by atoms with Crippen LogP contribution in [0.1, 0.15) is 12.8 Å². The molecule has 0 bridgehead atoms. The maximum atomic E-state index is 13.8. The van der Waals surface area contributed by atoms with E-state index in [1.807, 2.05) is 0 Å². The van der Waals surface area contributed by atoms with Gasteiger partial charge in [0.1, 0.15) is 0 Å². The molecule has 1 fully saturated rings. The highest BCUT2D eigenvalue weighted by atomic mass is 19.2. The molecule has 0 aromatic heterocycles. The number of piperidine rings is 1. The zero-order valence-corrected chi connectivity index (χ0v) is 11.5. The van der Waals surface area contributed by atoms with Gasteiger partial charge < -0.3 is 15.5 Å². The first-order valence-corrected chi connectivity index (χ1v) is 6.62. The SMILES string of the molecule is CN1CCC(CN(C)c2c(N)ccc(F)c2F)CC1. The normalized spacial score (nSPS) is 17.7. The second-order valence-corrected chi connectivity index (χ2v) is 5.43. The fourth-order valence-electron chi connectivity index (χ4n) is 2.67. The predicted octanol–water partition coefficient (Wildman–Crippen LogP) is 2.33. The van der Waals surface area contributed by atoms with Gasteiger partial charge >= 0.3 is 0 Å². The molecule has 2 N–H and O–H groups in total. The summed E-state index contributed by atoms with van der Waals surface area (Å²) in [5, 5.41) is 0. The zero-order valence-electron chi connectivity index (χ0n) is 11.5. The van der Waals surface area contributed by atoms with Crippen LogP contribution in [0.15, 0.2) is 12.1 Å². The molecule has 0 unspecified atom stereocenters. The monoisotopic (exact) mass is 269 g/mol. The molecule has 0 aliphatic carbocycles. The number of benzene rings is 1. The lowest BCUT2D eigenvalue weighted by Crippen LogP contribution is -2.36. The molecule has 2 rings (SSSR count). The number of hydrogen-bond acceptors (Lipinski definition) is 3. The summed E-state index contributed by atoms with van der Waals surface area (Å²) in [5.41, 5.74) is 6.23.